The summed E-state index contributed by atoms with van der Waals surface area (Å²) in [7, 11) is 0. The molecule has 0 heterocycles. The molecule has 358 valence electrons. The molecule has 0 radical (unpaired) electrons. The van der Waals surface area contributed by atoms with E-state index >= 15 is 0 Å². The maximum Gasteiger partial charge on any atom is 0.306 e. The highest BCUT2D eigenvalue weighted by Gasteiger charge is 2.19. The number of allylic oxidation sites excluding steroid dienone is 10. The molecule has 6 nitrogen and oxygen atoms in total. The number of rotatable bonds is 47. The maximum atomic E-state index is 12.8. The predicted octanol–water partition coefficient (Wildman–Crippen LogP) is 17.3. The second-order valence-corrected chi connectivity index (χ2v) is 17.5. The van der Waals surface area contributed by atoms with E-state index in [1.54, 1.807) is 0 Å². The molecule has 0 aromatic carbocycles. The molecule has 1 unspecified atom stereocenters. The molecule has 6 heteroatoms. The van der Waals surface area contributed by atoms with Crippen molar-refractivity contribution in [2.45, 2.75) is 264 Å². The van der Waals surface area contributed by atoms with Crippen LogP contribution in [0.15, 0.2) is 60.8 Å². The van der Waals surface area contributed by atoms with Crippen molar-refractivity contribution >= 4 is 17.9 Å². The van der Waals surface area contributed by atoms with E-state index in [0.29, 0.717) is 19.3 Å². The van der Waals surface area contributed by atoms with E-state index in [0.717, 1.165) is 64.2 Å². The Kier molecular flexibility index (Phi) is 48.4. The Morgan fingerprint density at radius 3 is 1.19 bits per heavy atom. The van der Waals surface area contributed by atoms with Crippen molar-refractivity contribution in [3.8, 4) is 0 Å². The van der Waals surface area contributed by atoms with Crippen LogP contribution >= 0.6 is 0 Å². The van der Waals surface area contributed by atoms with Crippen molar-refractivity contribution in [1.29, 1.82) is 0 Å². The van der Waals surface area contributed by atoms with Gasteiger partial charge in [-0.1, -0.05) is 242 Å². The largest absolute Gasteiger partial charge is 0.462 e. The SMILES string of the molecule is CC/C=C/C=C/C=C/CCCCCCCCCC(=O)OC(COC(=O)CC/C=C/C/C=C/CCCCCCCC)COC(=O)CCCCCCCCCCCCCCCCCC. The van der Waals surface area contributed by atoms with Gasteiger partial charge in [0.2, 0.25) is 0 Å². The second kappa shape index (κ2) is 50.8. The molecule has 0 aliphatic rings. The van der Waals surface area contributed by atoms with Crippen LogP contribution in [0.25, 0.3) is 0 Å². The van der Waals surface area contributed by atoms with Gasteiger partial charge in [-0.05, 0) is 57.8 Å². The number of carbonyl (C=O) groups excluding carboxylic acids is 3. The van der Waals surface area contributed by atoms with Crippen LogP contribution in [-0.2, 0) is 28.6 Å². The van der Waals surface area contributed by atoms with Gasteiger partial charge in [-0.25, -0.2) is 0 Å². The molecule has 0 bridgehead atoms. The van der Waals surface area contributed by atoms with Crippen molar-refractivity contribution < 1.29 is 28.6 Å². The molecule has 0 aliphatic heterocycles. The van der Waals surface area contributed by atoms with Crippen LogP contribution in [0.5, 0.6) is 0 Å². The van der Waals surface area contributed by atoms with Crippen LogP contribution in [0.4, 0.5) is 0 Å². The molecule has 0 rings (SSSR count). The minimum absolute atomic E-state index is 0.0942. The number of hydrogen-bond acceptors (Lipinski definition) is 6. The predicted molar refractivity (Wildman–Crippen MR) is 265 cm³/mol. The fourth-order valence-electron chi connectivity index (χ4n) is 7.38. The first kappa shape index (κ1) is 59.1. The summed E-state index contributed by atoms with van der Waals surface area (Å²) >= 11 is 0. The van der Waals surface area contributed by atoms with E-state index in [4.69, 9.17) is 14.2 Å². The smallest absolute Gasteiger partial charge is 0.306 e. The monoisotopic (exact) mass is 867 g/mol. The van der Waals surface area contributed by atoms with Crippen molar-refractivity contribution in [2.24, 2.45) is 0 Å². The molecule has 0 aromatic heterocycles. The van der Waals surface area contributed by atoms with Crippen LogP contribution < -0.4 is 0 Å². The molecule has 0 saturated heterocycles. The van der Waals surface area contributed by atoms with Crippen LogP contribution in [0.2, 0.25) is 0 Å². The minimum Gasteiger partial charge on any atom is -0.462 e. The number of hydrogen-bond donors (Lipinski definition) is 0. The average molecular weight is 867 g/mol. The van der Waals surface area contributed by atoms with Crippen LogP contribution in [0.3, 0.4) is 0 Å². The summed E-state index contributed by atoms with van der Waals surface area (Å²) in [6.45, 7) is 6.45. The molecule has 0 aromatic rings. The first-order valence-electron chi connectivity index (χ1n) is 26.3. The Labute approximate surface area is 383 Å². The van der Waals surface area contributed by atoms with Crippen LogP contribution in [0.1, 0.15) is 258 Å². The molecule has 0 saturated carbocycles. The standard InChI is InChI=1S/C56H98O6/c1-4-7-10-13-16-19-22-25-27-29-31-34-37-40-43-46-49-55(58)61-52-53(51-60-54(57)48-45-42-39-36-33-30-24-21-18-15-12-9-6-3)62-56(59)50-47-44-41-38-35-32-28-26-23-20-17-14-11-8-5-2/h8,11,14,17,20,23,30,33,39,42,53H,4-7,9-10,12-13,15-16,18-19,21-22,24-29,31-32,34-38,40-41,43-52H2,1-3H3/b11-8+,17-14+,23-20+,33-30+,42-39+. The topological polar surface area (TPSA) is 78.9 Å². The quantitative estimate of drug-likeness (QED) is 0.0199. The summed E-state index contributed by atoms with van der Waals surface area (Å²) in [5.74, 6) is -0.971. The van der Waals surface area contributed by atoms with Gasteiger partial charge < -0.3 is 14.2 Å². The Morgan fingerprint density at radius 2 is 0.726 bits per heavy atom. The van der Waals surface area contributed by atoms with E-state index in [1.807, 2.05) is 6.08 Å². The van der Waals surface area contributed by atoms with Crippen LogP contribution in [-0.4, -0.2) is 37.2 Å². The van der Waals surface area contributed by atoms with Gasteiger partial charge >= 0.3 is 17.9 Å². The summed E-state index contributed by atoms with van der Waals surface area (Å²) in [5, 5.41) is 0. The van der Waals surface area contributed by atoms with Gasteiger partial charge in [-0.15, -0.1) is 0 Å². The van der Waals surface area contributed by atoms with Crippen molar-refractivity contribution in [3.63, 3.8) is 0 Å². The lowest BCUT2D eigenvalue weighted by molar-refractivity contribution is -0.166. The van der Waals surface area contributed by atoms with E-state index in [9.17, 15) is 14.4 Å². The van der Waals surface area contributed by atoms with Crippen molar-refractivity contribution in [3.05, 3.63) is 60.8 Å². The fraction of sp³-hybridized carbons (Fsp3) is 0.768. The first-order chi connectivity index (χ1) is 30.5. The molecule has 1 atom stereocenters. The number of esters is 3. The van der Waals surface area contributed by atoms with Crippen molar-refractivity contribution in [1.82, 2.24) is 0 Å². The average Bonchev–Trinajstić information content (AvgIpc) is 3.27. The molecular weight excluding hydrogens is 769 g/mol. The molecule has 0 aliphatic carbocycles. The fourth-order valence-corrected chi connectivity index (χ4v) is 7.38. The van der Waals surface area contributed by atoms with Crippen molar-refractivity contribution in [2.75, 3.05) is 13.2 Å². The lowest BCUT2D eigenvalue weighted by Crippen LogP contribution is -2.30. The van der Waals surface area contributed by atoms with Gasteiger partial charge in [0.05, 0.1) is 0 Å². The van der Waals surface area contributed by atoms with E-state index in [2.05, 4.69) is 75.5 Å². The molecule has 0 amide bonds. The third-order valence-electron chi connectivity index (χ3n) is 11.3. The second-order valence-electron chi connectivity index (χ2n) is 17.5. The molecule has 62 heavy (non-hydrogen) atoms. The summed E-state index contributed by atoms with van der Waals surface area (Å²) in [6.07, 6.45) is 62.2. The lowest BCUT2D eigenvalue weighted by Gasteiger charge is -2.18. The first-order valence-corrected chi connectivity index (χ1v) is 26.3. The Morgan fingerprint density at radius 1 is 0.355 bits per heavy atom. The highest BCUT2D eigenvalue weighted by molar-refractivity contribution is 5.71. The Hall–Kier alpha value is -2.89. The number of unbranched alkanes of at least 4 members (excludes halogenated alkanes) is 28. The zero-order valence-electron chi connectivity index (χ0n) is 40.9. The summed E-state index contributed by atoms with van der Waals surface area (Å²) in [4.78, 5) is 37.9. The molecular formula is C56H98O6. The van der Waals surface area contributed by atoms with E-state index in [-0.39, 0.29) is 37.5 Å². The Bertz CT molecular complexity index is 1130. The third-order valence-corrected chi connectivity index (χ3v) is 11.3. The van der Waals surface area contributed by atoms with Gasteiger partial charge in [0.25, 0.3) is 0 Å². The highest BCUT2D eigenvalue weighted by Crippen LogP contribution is 2.15. The van der Waals surface area contributed by atoms with E-state index < -0.39 is 6.10 Å². The third kappa shape index (κ3) is 48.1. The normalized spacial score (nSPS) is 12.5. The Balaban J connectivity index is 4.43. The van der Waals surface area contributed by atoms with Crippen LogP contribution in [0, 0.1) is 0 Å². The number of carbonyl (C=O) groups is 3. The zero-order valence-corrected chi connectivity index (χ0v) is 40.9. The minimum atomic E-state index is -0.800. The number of ether oxygens (including phenoxy) is 3. The van der Waals surface area contributed by atoms with Gasteiger partial charge in [0, 0.05) is 19.3 Å². The lowest BCUT2D eigenvalue weighted by atomic mass is 10.0. The van der Waals surface area contributed by atoms with Gasteiger partial charge in [0.15, 0.2) is 6.10 Å². The molecule has 0 N–H and O–H groups in total. The van der Waals surface area contributed by atoms with Gasteiger partial charge in [0.1, 0.15) is 13.2 Å². The zero-order chi connectivity index (χ0) is 45.1. The highest BCUT2D eigenvalue weighted by atomic mass is 16.6. The maximum absolute atomic E-state index is 12.8. The van der Waals surface area contributed by atoms with E-state index in [1.165, 1.54) is 148 Å². The molecule has 0 fully saturated rings. The summed E-state index contributed by atoms with van der Waals surface area (Å²) < 4.78 is 16.7. The van der Waals surface area contributed by atoms with Gasteiger partial charge in [-0.2, -0.15) is 0 Å². The van der Waals surface area contributed by atoms with Gasteiger partial charge in [-0.3, -0.25) is 14.4 Å². The summed E-state index contributed by atoms with van der Waals surface area (Å²) in [5.41, 5.74) is 0. The summed E-state index contributed by atoms with van der Waals surface area (Å²) in [6, 6.07) is 0. The molecule has 0 spiro atoms.